The van der Waals surface area contributed by atoms with Gasteiger partial charge in [0, 0.05) is 16.1 Å². The van der Waals surface area contributed by atoms with E-state index in [9.17, 15) is 4.79 Å². The zero-order valence-corrected chi connectivity index (χ0v) is 19.7. The molecule has 5 aromatic rings. The molecule has 0 fully saturated rings. The fourth-order valence-corrected chi connectivity index (χ4v) is 5.57. The Morgan fingerprint density at radius 1 is 0.886 bits per heavy atom. The van der Waals surface area contributed by atoms with Crippen molar-refractivity contribution in [2.45, 2.75) is 13.1 Å². The van der Waals surface area contributed by atoms with Crippen molar-refractivity contribution in [3.05, 3.63) is 129 Å². The molecule has 2 aliphatic rings. The number of hydrogen-bond acceptors (Lipinski definition) is 3. The number of nitrogens with zero attached hydrogens (tertiary/aromatic N) is 3. The first-order valence-electron chi connectivity index (χ1n) is 11.6. The Bertz CT molecular complexity index is 1750. The number of fused-ring (bicyclic) bond motifs is 9. The number of anilines is 1. The predicted molar refractivity (Wildman–Crippen MR) is 143 cm³/mol. The van der Waals surface area contributed by atoms with Gasteiger partial charge in [0.25, 0.3) is 5.56 Å². The second-order valence-corrected chi connectivity index (χ2v) is 9.45. The van der Waals surface area contributed by atoms with E-state index < -0.39 is 6.17 Å². The lowest BCUT2D eigenvalue weighted by atomic mass is 9.91. The van der Waals surface area contributed by atoms with Crippen LogP contribution in [0.2, 0.25) is 5.02 Å². The maximum Gasteiger partial charge on any atom is 0.263 e. The van der Waals surface area contributed by atoms with Crippen molar-refractivity contribution in [2.75, 3.05) is 4.90 Å². The van der Waals surface area contributed by atoms with Crippen LogP contribution in [-0.2, 0) is 0 Å². The number of benzene rings is 4. The number of aryl methyl sites for hydroxylation is 1. The largest absolute Gasteiger partial charge is 0.315 e. The molecule has 0 radical (unpaired) electrons. The van der Waals surface area contributed by atoms with Crippen LogP contribution in [0.1, 0.15) is 28.4 Å². The molecule has 0 bridgehead atoms. The van der Waals surface area contributed by atoms with Gasteiger partial charge in [0.15, 0.2) is 0 Å². The van der Waals surface area contributed by atoms with Gasteiger partial charge in [-0.25, -0.2) is 4.98 Å². The fraction of sp³-hybridized carbons (Fsp3) is 0.0667. The minimum atomic E-state index is -0.418. The number of aromatic nitrogens is 2. The maximum absolute atomic E-state index is 14.2. The van der Waals surface area contributed by atoms with E-state index in [4.69, 9.17) is 16.6 Å². The van der Waals surface area contributed by atoms with Crippen LogP contribution < -0.4 is 10.5 Å². The van der Waals surface area contributed by atoms with Gasteiger partial charge >= 0.3 is 0 Å². The molecule has 0 amide bonds. The van der Waals surface area contributed by atoms with Gasteiger partial charge in [0.1, 0.15) is 12.0 Å². The van der Waals surface area contributed by atoms with Crippen LogP contribution in [0.4, 0.5) is 5.69 Å². The summed E-state index contributed by atoms with van der Waals surface area (Å²) in [6.45, 7) is 2.00. The molecule has 1 aromatic heterocycles. The molecule has 7 rings (SSSR count). The average Bonchev–Trinajstić information content (AvgIpc) is 2.89. The molecule has 1 atom stereocenters. The Kier molecular flexibility index (Phi) is 4.29. The van der Waals surface area contributed by atoms with Crippen molar-refractivity contribution in [1.29, 1.82) is 0 Å². The molecule has 0 spiro atoms. The summed E-state index contributed by atoms with van der Waals surface area (Å²) in [5.41, 5.74) is 7.73. The van der Waals surface area contributed by atoms with Gasteiger partial charge in [-0.1, -0.05) is 72.3 Å². The minimum absolute atomic E-state index is 0.0570. The summed E-state index contributed by atoms with van der Waals surface area (Å²) in [6, 6.07) is 30.2. The first-order chi connectivity index (χ1) is 17.1. The zero-order valence-electron chi connectivity index (χ0n) is 18.9. The third-order valence-corrected chi connectivity index (χ3v) is 7.21. The van der Waals surface area contributed by atoms with Gasteiger partial charge in [-0.2, -0.15) is 0 Å². The van der Waals surface area contributed by atoms with Gasteiger partial charge in [0.05, 0.1) is 22.3 Å². The SMILES string of the molecule is Cc1cccc2c(=O)n3c(nc12)-c1ccccc1N1C(c2ccccc2)=Cc2ccc(Cl)cc2[C@@H]13. The number of para-hydroxylation sites is 2. The van der Waals surface area contributed by atoms with Crippen molar-refractivity contribution in [1.82, 2.24) is 9.55 Å². The molecule has 0 aliphatic carbocycles. The molecule has 4 aromatic carbocycles. The minimum Gasteiger partial charge on any atom is -0.315 e. The topological polar surface area (TPSA) is 38.1 Å². The first-order valence-corrected chi connectivity index (χ1v) is 12.0. The Morgan fingerprint density at radius 2 is 1.69 bits per heavy atom. The molecular weight excluding hydrogens is 454 g/mol. The van der Waals surface area contributed by atoms with Crippen molar-refractivity contribution in [2.24, 2.45) is 0 Å². The van der Waals surface area contributed by atoms with Crippen LogP contribution in [-0.4, -0.2) is 9.55 Å². The highest BCUT2D eigenvalue weighted by molar-refractivity contribution is 6.30. The smallest absolute Gasteiger partial charge is 0.263 e. The standard InChI is InChI=1S/C30H20ClN3O/c1-18-8-7-12-23-27(18)32-28-22-11-5-6-13-25(22)33-26(19-9-3-2-4-10-19)16-20-14-15-21(31)17-24(20)29(33)34(28)30(23)35/h2-17,29H,1H3/t29-/m0/s1. The van der Waals surface area contributed by atoms with E-state index in [1.54, 1.807) is 0 Å². The molecule has 168 valence electrons. The summed E-state index contributed by atoms with van der Waals surface area (Å²) in [7, 11) is 0. The Balaban J connectivity index is 1.65. The predicted octanol–water partition coefficient (Wildman–Crippen LogP) is 6.90. The number of rotatable bonds is 1. The number of hydrogen-bond donors (Lipinski definition) is 0. The molecule has 35 heavy (non-hydrogen) atoms. The highest BCUT2D eigenvalue weighted by Crippen LogP contribution is 2.49. The summed E-state index contributed by atoms with van der Waals surface area (Å²) in [5.74, 6) is 0.675. The van der Waals surface area contributed by atoms with E-state index in [0.29, 0.717) is 16.2 Å². The lowest BCUT2D eigenvalue weighted by Crippen LogP contribution is -2.44. The first kappa shape index (κ1) is 20.2. The van der Waals surface area contributed by atoms with Gasteiger partial charge in [-0.15, -0.1) is 0 Å². The molecule has 0 unspecified atom stereocenters. The van der Waals surface area contributed by atoms with E-state index in [1.807, 2.05) is 84.3 Å². The van der Waals surface area contributed by atoms with Gasteiger partial charge in [-0.3, -0.25) is 9.36 Å². The molecule has 0 saturated carbocycles. The third kappa shape index (κ3) is 2.87. The molecular formula is C30H20ClN3O. The van der Waals surface area contributed by atoms with Crippen LogP contribution in [0.5, 0.6) is 0 Å². The second-order valence-electron chi connectivity index (χ2n) is 9.01. The van der Waals surface area contributed by atoms with Crippen molar-refractivity contribution in [3.8, 4) is 11.4 Å². The summed E-state index contributed by atoms with van der Waals surface area (Å²) >= 11 is 6.50. The quantitative estimate of drug-likeness (QED) is 0.265. The summed E-state index contributed by atoms with van der Waals surface area (Å²) in [5, 5.41) is 1.26. The van der Waals surface area contributed by atoms with Crippen LogP contribution in [0.25, 0.3) is 34.1 Å². The van der Waals surface area contributed by atoms with Gasteiger partial charge in [0.2, 0.25) is 0 Å². The second kappa shape index (κ2) is 7.42. The van der Waals surface area contributed by atoms with E-state index >= 15 is 0 Å². The van der Waals surface area contributed by atoms with Crippen LogP contribution in [0.3, 0.4) is 0 Å². The summed E-state index contributed by atoms with van der Waals surface area (Å²) in [4.78, 5) is 21.5. The maximum atomic E-state index is 14.2. The Labute approximate surface area is 207 Å². The van der Waals surface area contributed by atoms with Crippen molar-refractivity contribution >= 4 is 40.0 Å². The van der Waals surface area contributed by atoms with E-state index in [0.717, 1.165) is 44.7 Å². The lowest BCUT2D eigenvalue weighted by molar-refractivity contribution is 0.562. The van der Waals surface area contributed by atoms with Gasteiger partial charge < -0.3 is 4.90 Å². The lowest BCUT2D eigenvalue weighted by Gasteiger charge is -2.44. The Morgan fingerprint density at radius 3 is 2.54 bits per heavy atom. The van der Waals surface area contributed by atoms with E-state index in [-0.39, 0.29) is 5.56 Å². The Hall–Kier alpha value is -4.15. The molecule has 0 saturated heterocycles. The van der Waals surface area contributed by atoms with Crippen LogP contribution in [0, 0.1) is 6.92 Å². The zero-order chi connectivity index (χ0) is 23.7. The summed E-state index contributed by atoms with van der Waals surface area (Å²) < 4.78 is 1.84. The van der Waals surface area contributed by atoms with Crippen LogP contribution >= 0.6 is 11.6 Å². The number of halogens is 1. The molecule has 3 heterocycles. The summed E-state index contributed by atoms with van der Waals surface area (Å²) in [6.07, 6.45) is 1.77. The van der Waals surface area contributed by atoms with Gasteiger partial charge in [-0.05, 0) is 60.0 Å². The average molecular weight is 474 g/mol. The van der Waals surface area contributed by atoms with E-state index in [1.165, 1.54) is 0 Å². The third-order valence-electron chi connectivity index (χ3n) is 6.97. The fourth-order valence-electron chi connectivity index (χ4n) is 5.39. The highest BCUT2D eigenvalue weighted by atomic mass is 35.5. The molecule has 0 N–H and O–H groups in total. The molecule has 4 nitrogen and oxygen atoms in total. The van der Waals surface area contributed by atoms with Crippen molar-refractivity contribution < 1.29 is 0 Å². The highest BCUT2D eigenvalue weighted by Gasteiger charge is 2.39. The van der Waals surface area contributed by atoms with Crippen molar-refractivity contribution in [3.63, 3.8) is 0 Å². The molecule has 5 heteroatoms. The molecule has 2 aliphatic heterocycles. The van der Waals surface area contributed by atoms with Crippen LogP contribution in [0.15, 0.2) is 95.8 Å². The normalized spacial score (nSPS) is 15.7. The monoisotopic (exact) mass is 473 g/mol. The van der Waals surface area contributed by atoms with E-state index in [2.05, 4.69) is 29.2 Å².